The molecule has 0 spiro atoms. The number of phenols is 1. The molecule has 0 fully saturated rings. The molecule has 1 aliphatic heterocycles. The molecule has 8 heteroatoms. The maximum Gasteiger partial charge on any atom is 0.227 e. The van der Waals surface area contributed by atoms with E-state index >= 15 is 0 Å². The van der Waals surface area contributed by atoms with E-state index in [-0.39, 0.29) is 18.1 Å². The summed E-state index contributed by atoms with van der Waals surface area (Å²) in [5, 5.41) is 22.3. The predicted octanol–water partition coefficient (Wildman–Crippen LogP) is 5.71. The molecule has 1 amide bonds. The molecule has 2 N–H and O–H groups in total. The Morgan fingerprint density at radius 1 is 1.06 bits per heavy atom. The van der Waals surface area contributed by atoms with Crippen LogP contribution in [-0.2, 0) is 4.79 Å². The first-order chi connectivity index (χ1) is 16.3. The number of phenolic OH excluding ortho intramolecular Hbond substituents is 1. The Bertz CT molecular complexity index is 1290. The zero-order valence-corrected chi connectivity index (χ0v) is 20.4. The van der Waals surface area contributed by atoms with Gasteiger partial charge in [-0.25, -0.2) is 0 Å². The number of allylic oxidation sites excluding steroid dienone is 3. The monoisotopic (exact) mass is 473 g/mol. The van der Waals surface area contributed by atoms with Gasteiger partial charge in [0.25, 0.3) is 0 Å². The Morgan fingerprint density at radius 2 is 1.76 bits per heavy atom. The van der Waals surface area contributed by atoms with Gasteiger partial charge in [0.05, 0.1) is 17.2 Å². The molecule has 0 bridgehead atoms. The number of aromatic hydroxyl groups is 1. The Kier molecular flexibility index (Phi) is 6.98. The number of hydrogen-bond donors (Lipinski definition) is 2. The van der Waals surface area contributed by atoms with Gasteiger partial charge >= 0.3 is 0 Å². The molecule has 0 aliphatic carbocycles. The average molecular weight is 474 g/mol. The summed E-state index contributed by atoms with van der Waals surface area (Å²) in [5.41, 5.74) is 3.50. The second-order valence-corrected chi connectivity index (χ2v) is 9.51. The summed E-state index contributed by atoms with van der Waals surface area (Å²) >= 11 is 1.62. The molecule has 0 radical (unpaired) electrons. The Morgan fingerprint density at radius 3 is 2.44 bits per heavy atom. The number of aromatic nitrogens is 3. The van der Waals surface area contributed by atoms with E-state index in [0.29, 0.717) is 11.5 Å². The van der Waals surface area contributed by atoms with Crippen LogP contribution < -0.4 is 5.32 Å². The van der Waals surface area contributed by atoms with E-state index in [9.17, 15) is 9.90 Å². The van der Waals surface area contributed by atoms with Gasteiger partial charge in [0.15, 0.2) is 5.82 Å². The molecule has 0 saturated carbocycles. The van der Waals surface area contributed by atoms with Crippen LogP contribution in [0.1, 0.15) is 50.4 Å². The molecular formula is C26H27N5O2S. The summed E-state index contributed by atoms with van der Waals surface area (Å²) in [6.45, 7) is 8.12. The number of hydrogen-bond acceptors (Lipinski definition) is 6. The minimum absolute atomic E-state index is 0.113. The number of aryl methyl sites for hydroxylation is 1. The number of nitrogens with one attached hydrogen (secondary N) is 1. The molecule has 1 aliphatic rings. The van der Waals surface area contributed by atoms with E-state index < -0.39 is 6.04 Å². The maximum absolute atomic E-state index is 12.9. The minimum atomic E-state index is -0.532. The first-order valence-electron chi connectivity index (χ1n) is 11.0. The molecule has 1 atom stereocenters. The number of rotatable bonds is 6. The molecule has 0 unspecified atom stereocenters. The molecule has 2 aromatic carbocycles. The van der Waals surface area contributed by atoms with Gasteiger partial charge in [0, 0.05) is 11.3 Å². The van der Waals surface area contributed by atoms with Crippen molar-refractivity contribution in [1.82, 2.24) is 14.8 Å². The zero-order chi connectivity index (χ0) is 24.2. The Labute approximate surface area is 203 Å². The number of anilines is 1. The summed E-state index contributed by atoms with van der Waals surface area (Å²) in [4.78, 5) is 19.1. The highest BCUT2D eigenvalue weighted by Gasteiger charge is 2.28. The number of benzene rings is 2. The summed E-state index contributed by atoms with van der Waals surface area (Å²) in [7, 11) is 0. The van der Waals surface area contributed by atoms with Crippen LogP contribution in [0.25, 0.3) is 5.03 Å². The summed E-state index contributed by atoms with van der Waals surface area (Å²) in [6.07, 6.45) is 2.11. The van der Waals surface area contributed by atoms with E-state index in [1.807, 2.05) is 60.0 Å². The van der Waals surface area contributed by atoms with Gasteiger partial charge in [0.2, 0.25) is 5.91 Å². The lowest BCUT2D eigenvalue weighted by molar-refractivity contribution is -0.116. The fraction of sp³-hybridized carbons (Fsp3) is 0.231. The van der Waals surface area contributed by atoms with E-state index in [1.165, 1.54) is 5.57 Å². The van der Waals surface area contributed by atoms with E-state index in [4.69, 9.17) is 4.99 Å². The molecule has 34 heavy (non-hydrogen) atoms. The number of fused-ring (bicyclic) bond motifs is 1. The van der Waals surface area contributed by atoms with Crippen molar-refractivity contribution in [1.29, 1.82) is 0 Å². The summed E-state index contributed by atoms with van der Waals surface area (Å²) < 4.78 is 1.98. The third kappa shape index (κ3) is 5.28. The second kappa shape index (κ2) is 10.1. The van der Waals surface area contributed by atoms with Gasteiger partial charge in [-0.15, -0.1) is 10.2 Å². The van der Waals surface area contributed by atoms with Crippen LogP contribution in [0.5, 0.6) is 5.75 Å². The van der Waals surface area contributed by atoms with Crippen molar-refractivity contribution in [3.8, 4) is 5.75 Å². The van der Waals surface area contributed by atoms with Gasteiger partial charge in [-0.2, -0.15) is 0 Å². The van der Waals surface area contributed by atoms with Gasteiger partial charge < -0.3 is 10.4 Å². The lowest BCUT2D eigenvalue weighted by Gasteiger charge is -2.15. The van der Waals surface area contributed by atoms with Gasteiger partial charge in [-0.1, -0.05) is 35.5 Å². The average Bonchev–Trinajstić information content (AvgIpc) is 3.12. The van der Waals surface area contributed by atoms with Crippen LogP contribution in [-0.4, -0.2) is 31.5 Å². The molecule has 2 heterocycles. The van der Waals surface area contributed by atoms with Crippen molar-refractivity contribution >= 4 is 34.1 Å². The quantitative estimate of drug-likeness (QED) is 0.478. The largest absolute Gasteiger partial charge is 0.508 e. The topological polar surface area (TPSA) is 92.4 Å². The number of amides is 1. The normalized spacial score (nSPS) is 15.0. The number of carbonyl (C=O) groups is 1. The standard InChI is InChI=1S/C26H27N5O2S/c1-16(2)17(3)34-25-15-22(19-10-12-21(32)13-11-19)28-23(26-30-29-18(4)31(25)26)14-24(33)27-20-8-6-5-7-9-20/h5-13,15,23,32H,14H2,1-4H3,(H,27,33)/t23-/m0/s1. The molecule has 1 aromatic heterocycles. The molecule has 0 saturated heterocycles. The summed E-state index contributed by atoms with van der Waals surface area (Å²) in [6, 6.07) is 15.7. The van der Waals surface area contributed by atoms with Crippen LogP contribution in [0.3, 0.4) is 0 Å². The van der Waals surface area contributed by atoms with Crippen LogP contribution in [0.2, 0.25) is 0 Å². The molecule has 7 nitrogen and oxygen atoms in total. The highest BCUT2D eigenvalue weighted by atomic mass is 32.2. The Hall–Kier alpha value is -3.65. The van der Waals surface area contributed by atoms with Gasteiger partial charge in [-0.05, 0) is 75.1 Å². The third-order valence-electron chi connectivity index (χ3n) is 5.48. The first-order valence-corrected chi connectivity index (χ1v) is 11.8. The highest BCUT2D eigenvalue weighted by molar-refractivity contribution is 8.11. The zero-order valence-electron chi connectivity index (χ0n) is 19.6. The Balaban J connectivity index is 1.76. The fourth-order valence-electron chi connectivity index (χ4n) is 3.48. The van der Waals surface area contributed by atoms with E-state index in [1.54, 1.807) is 23.9 Å². The fourth-order valence-corrected chi connectivity index (χ4v) is 4.49. The lowest BCUT2D eigenvalue weighted by Crippen LogP contribution is -2.17. The molecule has 174 valence electrons. The van der Waals surface area contributed by atoms with Crippen LogP contribution in [0.4, 0.5) is 5.69 Å². The number of nitrogens with zero attached hydrogens (tertiary/aromatic N) is 4. The van der Waals surface area contributed by atoms with Crippen LogP contribution >= 0.6 is 11.8 Å². The van der Waals surface area contributed by atoms with Crippen LogP contribution in [0, 0.1) is 6.92 Å². The number of para-hydroxylation sites is 1. The number of thioether (sulfide) groups is 1. The summed E-state index contributed by atoms with van der Waals surface area (Å²) in [5.74, 6) is 1.37. The van der Waals surface area contributed by atoms with Crippen molar-refractivity contribution in [3.63, 3.8) is 0 Å². The third-order valence-corrected chi connectivity index (χ3v) is 6.71. The molecular weight excluding hydrogens is 446 g/mol. The van der Waals surface area contributed by atoms with E-state index in [0.717, 1.165) is 27.0 Å². The van der Waals surface area contributed by atoms with Crippen molar-refractivity contribution < 1.29 is 9.90 Å². The molecule has 4 rings (SSSR count). The SMILES string of the molecule is CC(C)=C(C)SC1=CC(c2ccc(O)cc2)=N[C@@H](CC(=O)Nc2ccccc2)c2nnc(C)n21. The predicted molar refractivity (Wildman–Crippen MR) is 138 cm³/mol. The lowest BCUT2D eigenvalue weighted by atomic mass is 10.1. The van der Waals surface area contributed by atoms with Gasteiger partial charge in [0.1, 0.15) is 17.6 Å². The first kappa shape index (κ1) is 23.5. The highest BCUT2D eigenvalue weighted by Crippen LogP contribution is 2.37. The van der Waals surface area contributed by atoms with Gasteiger partial charge in [-0.3, -0.25) is 14.4 Å². The van der Waals surface area contributed by atoms with Crippen molar-refractivity contribution in [2.24, 2.45) is 4.99 Å². The number of carbonyl (C=O) groups excluding carboxylic acids is 1. The smallest absolute Gasteiger partial charge is 0.227 e. The van der Waals surface area contributed by atoms with Crippen molar-refractivity contribution in [3.05, 3.63) is 88.4 Å². The second-order valence-electron chi connectivity index (χ2n) is 8.28. The van der Waals surface area contributed by atoms with E-state index in [2.05, 4.69) is 36.3 Å². The van der Waals surface area contributed by atoms with Crippen LogP contribution in [0.15, 0.2) is 76.1 Å². The maximum atomic E-state index is 12.9. The minimum Gasteiger partial charge on any atom is -0.508 e. The number of aliphatic imine (C=N–C) groups is 1. The van der Waals surface area contributed by atoms with Crippen molar-refractivity contribution in [2.75, 3.05) is 5.32 Å². The molecule has 3 aromatic rings. The van der Waals surface area contributed by atoms with Crippen molar-refractivity contribution in [2.45, 2.75) is 40.2 Å².